The van der Waals surface area contributed by atoms with Crippen molar-refractivity contribution in [1.29, 1.82) is 0 Å². The van der Waals surface area contributed by atoms with E-state index in [2.05, 4.69) is 0 Å². The molecule has 0 spiro atoms. The van der Waals surface area contributed by atoms with Gasteiger partial charge in [0.25, 0.3) is 5.56 Å². The van der Waals surface area contributed by atoms with Crippen LogP contribution >= 0.6 is 0 Å². The van der Waals surface area contributed by atoms with Crippen LogP contribution in [0.1, 0.15) is 18.4 Å². The van der Waals surface area contributed by atoms with Crippen molar-refractivity contribution in [3.05, 3.63) is 64.6 Å². The molecule has 1 aromatic carbocycles. The van der Waals surface area contributed by atoms with Gasteiger partial charge in [-0.3, -0.25) is 9.69 Å². The lowest BCUT2D eigenvalue weighted by molar-refractivity contribution is 0.255. The Hall–Kier alpha value is -1.96. The fraction of sp³-hybridized carbons (Fsp3) is 0.389. The van der Waals surface area contributed by atoms with E-state index in [4.69, 9.17) is 0 Å². The quantitative estimate of drug-likeness (QED) is 0.786. The molecule has 7 heteroatoms. The highest BCUT2D eigenvalue weighted by Crippen LogP contribution is 2.19. The molecule has 134 valence electrons. The molecule has 0 atom stereocenters. The van der Waals surface area contributed by atoms with Gasteiger partial charge in [-0.2, -0.15) is 4.31 Å². The highest BCUT2D eigenvalue weighted by Gasteiger charge is 2.27. The molecule has 2 aromatic rings. The number of hydrogen-bond acceptors (Lipinski definition) is 4. The Morgan fingerprint density at radius 1 is 1.04 bits per heavy atom. The summed E-state index contributed by atoms with van der Waals surface area (Å²) >= 11 is 0. The van der Waals surface area contributed by atoms with E-state index in [0.29, 0.717) is 26.3 Å². The topological polar surface area (TPSA) is 62.6 Å². The second-order valence-electron chi connectivity index (χ2n) is 6.43. The molecule has 1 aliphatic rings. The third-order valence-corrected chi connectivity index (χ3v) is 6.23. The van der Waals surface area contributed by atoms with Crippen molar-refractivity contribution >= 4 is 10.0 Å². The smallest absolute Gasteiger partial charge is 0.251 e. The molecule has 0 N–H and O–H groups in total. The first kappa shape index (κ1) is 17.8. The lowest BCUT2D eigenvalue weighted by atomic mass is 10.2. The number of pyridine rings is 1. The van der Waals surface area contributed by atoms with Crippen LogP contribution in [0, 0.1) is 0 Å². The van der Waals surface area contributed by atoms with Gasteiger partial charge in [-0.15, -0.1) is 0 Å². The van der Waals surface area contributed by atoms with Gasteiger partial charge in [0.15, 0.2) is 0 Å². The molecule has 25 heavy (non-hydrogen) atoms. The van der Waals surface area contributed by atoms with Crippen molar-refractivity contribution in [3.8, 4) is 0 Å². The molecule has 1 fully saturated rings. The van der Waals surface area contributed by atoms with E-state index in [-0.39, 0.29) is 10.5 Å². The van der Waals surface area contributed by atoms with E-state index in [1.807, 2.05) is 42.3 Å². The lowest BCUT2D eigenvalue weighted by Crippen LogP contribution is -2.32. The van der Waals surface area contributed by atoms with E-state index in [0.717, 1.165) is 18.4 Å². The monoisotopic (exact) mass is 361 g/mol. The van der Waals surface area contributed by atoms with Crippen LogP contribution in [0.25, 0.3) is 0 Å². The molecule has 0 radical (unpaired) electrons. The summed E-state index contributed by atoms with van der Waals surface area (Å²) in [5, 5.41) is 0. The van der Waals surface area contributed by atoms with Crippen LogP contribution in [0.15, 0.2) is 58.4 Å². The summed E-state index contributed by atoms with van der Waals surface area (Å²) in [6.45, 7) is 2.11. The molecule has 1 aromatic heterocycles. The number of sulfonamides is 1. The Kier molecular flexibility index (Phi) is 5.36. The van der Waals surface area contributed by atoms with E-state index in [1.165, 1.54) is 27.2 Å². The van der Waals surface area contributed by atoms with Crippen molar-refractivity contribution in [2.24, 2.45) is 0 Å². The lowest BCUT2D eigenvalue weighted by Gasteiger charge is -2.20. The number of rotatable bonds is 6. The van der Waals surface area contributed by atoms with Crippen molar-refractivity contribution in [1.82, 2.24) is 13.8 Å². The third kappa shape index (κ3) is 4.18. The Bertz CT molecular complexity index is 872. The SMILES string of the molecule is CN(Cc1ccccc1)Cn1cc(S(=O)(=O)N2CCCC2)ccc1=O. The second kappa shape index (κ2) is 7.51. The largest absolute Gasteiger partial charge is 0.301 e. The minimum absolute atomic E-state index is 0.183. The van der Waals surface area contributed by atoms with Gasteiger partial charge in [-0.05, 0) is 31.5 Å². The molecule has 3 rings (SSSR count). The van der Waals surface area contributed by atoms with Gasteiger partial charge in [0, 0.05) is 31.9 Å². The van der Waals surface area contributed by atoms with Gasteiger partial charge >= 0.3 is 0 Å². The Morgan fingerprint density at radius 3 is 2.40 bits per heavy atom. The van der Waals surface area contributed by atoms with Gasteiger partial charge in [-0.1, -0.05) is 30.3 Å². The van der Waals surface area contributed by atoms with Crippen LogP contribution in [0.5, 0.6) is 0 Å². The summed E-state index contributed by atoms with van der Waals surface area (Å²) in [6, 6.07) is 12.7. The second-order valence-corrected chi connectivity index (χ2v) is 8.36. The molecule has 0 saturated carbocycles. The summed E-state index contributed by atoms with van der Waals surface area (Å²) < 4.78 is 28.3. The molecule has 1 aliphatic heterocycles. The minimum Gasteiger partial charge on any atom is -0.301 e. The maximum atomic E-state index is 12.7. The van der Waals surface area contributed by atoms with Crippen LogP contribution in [-0.4, -0.2) is 42.3 Å². The van der Waals surface area contributed by atoms with Crippen LogP contribution in [-0.2, 0) is 23.2 Å². The predicted molar refractivity (Wildman–Crippen MR) is 96.6 cm³/mol. The first-order valence-electron chi connectivity index (χ1n) is 8.40. The van der Waals surface area contributed by atoms with E-state index >= 15 is 0 Å². The van der Waals surface area contributed by atoms with Gasteiger partial charge in [0.1, 0.15) is 0 Å². The van der Waals surface area contributed by atoms with Gasteiger partial charge in [0.05, 0.1) is 11.6 Å². The normalized spacial score (nSPS) is 15.8. The molecular formula is C18H23N3O3S. The number of hydrogen-bond donors (Lipinski definition) is 0. The van der Waals surface area contributed by atoms with Gasteiger partial charge in [0.2, 0.25) is 10.0 Å². The molecule has 2 heterocycles. The Labute approximate surface area is 148 Å². The predicted octanol–water partition coefficient (Wildman–Crippen LogP) is 1.72. The maximum Gasteiger partial charge on any atom is 0.251 e. The molecule has 1 saturated heterocycles. The number of benzene rings is 1. The Morgan fingerprint density at radius 2 is 1.72 bits per heavy atom. The maximum absolute atomic E-state index is 12.7. The van der Waals surface area contributed by atoms with E-state index in [9.17, 15) is 13.2 Å². The van der Waals surface area contributed by atoms with E-state index in [1.54, 1.807) is 0 Å². The zero-order valence-electron chi connectivity index (χ0n) is 14.3. The summed E-state index contributed by atoms with van der Waals surface area (Å²) in [5.74, 6) is 0. The van der Waals surface area contributed by atoms with E-state index < -0.39 is 10.0 Å². The third-order valence-electron chi connectivity index (χ3n) is 4.35. The average Bonchev–Trinajstić information content (AvgIpc) is 3.13. The fourth-order valence-corrected chi connectivity index (χ4v) is 4.59. The van der Waals surface area contributed by atoms with Crippen molar-refractivity contribution in [2.45, 2.75) is 31.0 Å². The number of nitrogens with zero attached hydrogens (tertiary/aromatic N) is 3. The first-order valence-corrected chi connectivity index (χ1v) is 9.84. The van der Waals surface area contributed by atoms with Crippen LogP contribution < -0.4 is 5.56 Å². The zero-order chi connectivity index (χ0) is 17.9. The van der Waals surface area contributed by atoms with Gasteiger partial charge in [-0.25, -0.2) is 8.42 Å². The molecule has 0 amide bonds. The number of aromatic nitrogens is 1. The molecule has 0 aliphatic carbocycles. The van der Waals surface area contributed by atoms with Crippen molar-refractivity contribution in [2.75, 3.05) is 20.1 Å². The molecule has 0 unspecified atom stereocenters. The van der Waals surface area contributed by atoms with Crippen molar-refractivity contribution < 1.29 is 8.42 Å². The van der Waals surface area contributed by atoms with Crippen molar-refractivity contribution in [3.63, 3.8) is 0 Å². The average molecular weight is 361 g/mol. The molecule has 0 bridgehead atoms. The Balaban J connectivity index is 1.79. The standard InChI is InChI=1S/C18H23N3O3S/c1-19(13-16-7-3-2-4-8-16)15-20-14-17(9-10-18(20)22)25(23,24)21-11-5-6-12-21/h2-4,7-10,14H,5-6,11-13,15H2,1H3. The summed E-state index contributed by atoms with van der Waals surface area (Å²) in [6.07, 6.45) is 3.23. The highest BCUT2D eigenvalue weighted by atomic mass is 32.2. The zero-order valence-corrected chi connectivity index (χ0v) is 15.2. The summed E-state index contributed by atoms with van der Waals surface area (Å²) in [4.78, 5) is 14.3. The fourth-order valence-electron chi connectivity index (χ4n) is 3.06. The molecule has 6 nitrogen and oxygen atoms in total. The first-order chi connectivity index (χ1) is 12.0. The molecular weight excluding hydrogens is 338 g/mol. The van der Waals surface area contributed by atoms with Crippen LogP contribution in [0.2, 0.25) is 0 Å². The summed E-state index contributed by atoms with van der Waals surface area (Å²) in [5.41, 5.74) is 0.930. The van der Waals surface area contributed by atoms with Crippen LogP contribution in [0.3, 0.4) is 0 Å². The van der Waals surface area contributed by atoms with Crippen LogP contribution in [0.4, 0.5) is 0 Å². The highest BCUT2D eigenvalue weighted by molar-refractivity contribution is 7.89. The minimum atomic E-state index is -3.52. The summed E-state index contributed by atoms with van der Waals surface area (Å²) in [7, 11) is -1.61. The van der Waals surface area contributed by atoms with Gasteiger partial charge < -0.3 is 4.57 Å².